The molecular weight excluding hydrogens is 448 g/mol. The number of nitrogens with zero attached hydrogens (tertiary/aromatic N) is 3. The predicted octanol–water partition coefficient (Wildman–Crippen LogP) is 4.78. The Bertz CT molecular complexity index is 1530. The summed E-state index contributed by atoms with van der Waals surface area (Å²) in [6, 6.07) is 15.4. The van der Waals surface area contributed by atoms with Crippen LogP contribution in [0.15, 0.2) is 76.3 Å². The van der Waals surface area contributed by atoms with Crippen LogP contribution in [0.1, 0.15) is 11.1 Å². The molecule has 0 saturated heterocycles. The molecule has 0 amide bonds. The summed E-state index contributed by atoms with van der Waals surface area (Å²) in [6.07, 6.45) is 5.38. The number of benzene rings is 2. The third-order valence-electron chi connectivity index (χ3n) is 5.11. The third-order valence-corrected chi connectivity index (χ3v) is 5.11. The van der Waals surface area contributed by atoms with Crippen molar-refractivity contribution in [2.24, 2.45) is 0 Å². The molecule has 0 unspecified atom stereocenters. The molecule has 10 nitrogen and oxygen atoms in total. The van der Waals surface area contributed by atoms with E-state index in [1.54, 1.807) is 24.5 Å². The molecule has 10 heteroatoms. The Labute approximate surface area is 199 Å². The molecule has 0 atom stereocenters. The van der Waals surface area contributed by atoms with E-state index in [0.29, 0.717) is 22.9 Å². The van der Waals surface area contributed by atoms with E-state index >= 15 is 0 Å². The monoisotopic (exact) mass is 470 g/mol. The first-order chi connectivity index (χ1) is 17.0. The summed E-state index contributed by atoms with van der Waals surface area (Å²) in [6.45, 7) is 3.74. The second kappa shape index (κ2) is 10.3. The van der Waals surface area contributed by atoms with E-state index in [4.69, 9.17) is 14.3 Å². The van der Waals surface area contributed by atoms with Gasteiger partial charge in [-0.1, -0.05) is 12.1 Å². The standard InChI is InChI=1S/C24H20N6O2.CH2O2/c1-14-10-17(5-7-19(14)16-4-3-9-25-13-16)28-23-26-12-15(2)22(30-23)27-18-6-8-21-20(11-18)29-24(31)32-21;2-1-3/h3-13H,1-2H3,(H,29,31)(H2,26,27,28,30);1H,(H,2,3). The molecule has 35 heavy (non-hydrogen) atoms. The van der Waals surface area contributed by atoms with Gasteiger partial charge in [0.25, 0.3) is 6.47 Å². The van der Waals surface area contributed by atoms with Crippen molar-refractivity contribution >= 4 is 40.7 Å². The van der Waals surface area contributed by atoms with Crippen LogP contribution in [0.2, 0.25) is 0 Å². The second-order valence-electron chi connectivity index (χ2n) is 7.58. The lowest BCUT2D eigenvalue weighted by Gasteiger charge is -2.12. The molecule has 3 heterocycles. The van der Waals surface area contributed by atoms with Crippen LogP contribution < -0.4 is 16.4 Å². The first-order valence-electron chi connectivity index (χ1n) is 10.6. The zero-order valence-corrected chi connectivity index (χ0v) is 18.9. The molecule has 0 aliphatic heterocycles. The molecule has 0 radical (unpaired) electrons. The van der Waals surface area contributed by atoms with Crippen LogP contribution in [0.3, 0.4) is 0 Å². The Morgan fingerprint density at radius 2 is 1.77 bits per heavy atom. The van der Waals surface area contributed by atoms with E-state index in [2.05, 4.69) is 49.6 Å². The summed E-state index contributed by atoms with van der Waals surface area (Å²) in [4.78, 5) is 35.6. The zero-order valence-electron chi connectivity index (χ0n) is 18.9. The van der Waals surface area contributed by atoms with Gasteiger partial charge in [-0.15, -0.1) is 0 Å². The lowest BCUT2D eigenvalue weighted by atomic mass is 10.0. The van der Waals surface area contributed by atoms with E-state index < -0.39 is 5.76 Å². The average molecular weight is 470 g/mol. The van der Waals surface area contributed by atoms with Gasteiger partial charge in [-0.2, -0.15) is 4.98 Å². The SMILES string of the molecule is Cc1cc(Nc2ncc(C)c(Nc3ccc4oc(=O)[nH]c4c3)n2)ccc1-c1cccnc1.O=CO. The van der Waals surface area contributed by atoms with Crippen molar-refractivity contribution in [1.82, 2.24) is 19.9 Å². The lowest BCUT2D eigenvalue weighted by Crippen LogP contribution is -2.03. The summed E-state index contributed by atoms with van der Waals surface area (Å²) in [5, 5.41) is 13.4. The topological polar surface area (TPSA) is 146 Å². The minimum Gasteiger partial charge on any atom is -0.483 e. The van der Waals surface area contributed by atoms with Gasteiger partial charge in [-0.05, 0) is 61.4 Å². The van der Waals surface area contributed by atoms with Crippen LogP contribution >= 0.6 is 0 Å². The molecule has 5 rings (SSSR count). The highest BCUT2D eigenvalue weighted by Gasteiger charge is 2.09. The molecule has 5 aromatic rings. The summed E-state index contributed by atoms with van der Waals surface area (Å²) >= 11 is 0. The molecule has 0 saturated carbocycles. The van der Waals surface area contributed by atoms with Crippen LogP contribution in [-0.2, 0) is 4.79 Å². The smallest absolute Gasteiger partial charge is 0.417 e. The number of oxazole rings is 1. The lowest BCUT2D eigenvalue weighted by molar-refractivity contribution is -0.122. The number of hydrogen-bond donors (Lipinski definition) is 4. The molecule has 4 N–H and O–H groups in total. The highest BCUT2D eigenvalue weighted by atomic mass is 16.4. The number of aromatic nitrogens is 4. The van der Waals surface area contributed by atoms with Gasteiger partial charge >= 0.3 is 5.76 Å². The maximum Gasteiger partial charge on any atom is 0.417 e. The van der Waals surface area contributed by atoms with Crippen LogP contribution in [0.5, 0.6) is 0 Å². The normalized spacial score (nSPS) is 10.3. The number of carbonyl (C=O) groups is 1. The van der Waals surface area contributed by atoms with Crippen molar-refractivity contribution in [2.75, 3.05) is 10.6 Å². The van der Waals surface area contributed by atoms with Crippen molar-refractivity contribution in [3.05, 3.63) is 88.8 Å². The fourth-order valence-electron chi connectivity index (χ4n) is 3.51. The summed E-state index contributed by atoms with van der Waals surface area (Å²) in [7, 11) is 0. The molecular formula is C25H22N6O4. The largest absolute Gasteiger partial charge is 0.483 e. The number of rotatable bonds is 5. The highest BCUT2D eigenvalue weighted by Crippen LogP contribution is 2.27. The Balaban J connectivity index is 0.000000917. The number of fused-ring (bicyclic) bond motifs is 1. The zero-order chi connectivity index (χ0) is 24.8. The van der Waals surface area contributed by atoms with Crippen molar-refractivity contribution in [2.45, 2.75) is 13.8 Å². The number of aryl methyl sites for hydroxylation is 2. The number of anilines is 4. The Morgan fingerprint density at radius 1 is 1.00 bits per heavy atom. The summed E-state index contributed by atoms with van der Waals surface area (Å²) in [5.41, 5.74) is 7.01. The van der Waals surface area contributed by atoms with Gasteiger partial charge in [-0.3, -0.25) is 14.8 Å². The first kappa shape index (κ1) is 23.2. The Kier molecular flexibility index (Phi) is 6.82. The predicted molar refractivity (Wildman–Crippen MR) is 133 cm³/mol. The highest BCUT2D eigenvalue weighted by molar-refractivity contribution is 5.78. The Morgan fingerprint density at radius 3 is 2.51 bits per heavy atom. The van der Waals surface area contributed by atoms with Crippen molar-refractivity contribution in [3.63, 3.8) is 0 Å². The van der Waals surface area contributed by atoms with Gasteiger partial charge < -0.3 is 20.2 Å². The van der Waals surface area contributed by atoms with Crippen LogP contribution in [0.4, 0.5) is 23.1 Å². The van der Waals surface area contributed by atoms with Gasteiger partial charge in [0.05, 0.1) is 5.52 Å². The van der Waals surface area contributed by atoms with Crippen molar-refractivity contribution < 1.29 is 14.3 Å². The minimum absolute atomic E-state index is 0.250. The van der Waals surface area contributed by atoms with Crippen molar-refractivity contribution in [1.29, 1.82) is 0 Å². The molecule has 3 aromatic heterocycles. The number of hydrogen-bond acceptors (Lipinski definition) is 8. The van der Waals surface area contributed by atoms with Crippen LogP contribution in [-0.4, -0.2) is 31.5 Å². The number of nitrogens with one attached hydrogen (secondary N) is 3. The number of carboxylic acid groups (broad SMARTS) is 1. The van der Waals surface area contributed by atoms with E-state index in [0.717, 1.165) is 33.6 Å². The molecule has 0 bridgehead atoms. The number of H-pyrrole nitrogens is 1. The van der Waals surface area contributed by atoms with Gasteiger partial charge in [0.1, 0.15) is 5.82 Å². The van der Waals surface area contributed by atoms with E-state index in [9.17, 15) is 4.79 Å². The van der Waals surface area contributed by atoms with E-state index in [-0.39, 0.29) is 6.47 Å². The van der Waals surface area contributed by atoms with Gasteiger partial charge in [0, 0.05) is 41.1 Å². The Hall–Kier alpha value is -4.99. The second-order valence-corrected chi connectivity index (χ2v) is 7.58. The molecule has 176 valence electrons. The van der Waals surface area contributed by atoms with Gasteiger partial charge in [0.15, 0.2) is 5.58 Å². The summed E-state index contributed by atoms with van der Waals surface area (Å²) in [5.74, 6) is 0.660. The molecule has 0 aliphatic carbocycles. The third kappa shape index (κ3) is 5.50. The average Bonchev–Trinajstić information content (AvgIpc) is 3.22. The molecule has 0 aliphatic rings. The quantitative estimate of drug-likeness (QED) is 0.267. The fourth-order valence-corrected chi connectivity index (χ4v) is 3.51. The van der Waals surface area contributed by atoms with Crippen molar-refractivity contribution in [3.8, 4) is 11.1 Å². The van der Waals surface area contributed by atoms with Crippen LogP contribution in [0, 0.1) is 13.8 Å². The van der Waals surface area contributed by atoms with E-state index in [1.807, 2.05) is 37.4 Å². The maximum absolute atomic E-state index is 11.4. The molecule has 0 spiro atoms. The van der Waals surface area contributed by atoms with Gasteiger partial charge in [0.2, 0.25) is 5.95 Å². The van der Waals surface area contributed by atoms with Gasteiger partial charge in [-0.25, -0.2) is 9.78 Å². The number of pyridine rings is 1. The summed E-state index contributed by atoms with van der Waals surface area (Å²) < 4.78 is 5.05. The minimum atomic E-state index is -0.480. The van der Waals surface area contributed by atoms with Crippen LogP contribution in [0.25, 0.3) is 22.2 Å². The van der Waals surface area contributed by atoms with E-state index in [1.165, 1.54) is 0 Å². The molecule has 2 aromatic carbocycles. The fraction of sp³-hybridized carbons (Fsp3) is 0.0800. The molecule has 0 fully saturated rings. The number of aromatic amines is 1. The first-order valence-corrected chi connectivity index (χ1v) is 10.6. The maximum atomic E-state index is 11.4.